The van der Waals surface area contributed by atoms with Crippen molar-refractivity contribution in [3.63, 3.8) is 0 Å². The molecule has 6 heteroatoms. The first kappa shape index (κ1) is 18.5. The lowest BCUT2D eigenvalue weighted by molar-refractivity contribution is 0.200. The predicted octanol–water partition coefficient (Wildman–Crippen LogP) is 4.09. The highest BCUT2D eigenvalue weighted by molar-refractivity contribution is 6.00. The standard InChI is InChI=1S/C22H26N4O2/c1-22(2,3)15-8-9-16-14(11-15)7-10-19(16)25-21(28)24-18-5-4-6-20-17(18)12-23-26(20)13-27/h4-6,8-9,11-12,19,27H,7,10,13H2,1-3H3,(H2,24,25,28)/t19-/m1/s1. The number of urea groups is 1. The molecule has 146 valence electrons. The Morgan fingerprint density at radius 1 is 1.29 bits per heavy atom. The number of nitrogens with one attached hydrogen (secondary N) is 2. The van der Waals surface area contributed by atoms with Gasteiger partial charge < -0.3 is 15.7 Å². The average molecular weight is 378 g/mol. The molecule has 4 rings (SSSR count). The molecular formula is C22H26N4O2. The van der Waals surface area contributed by atoms with Crippen molar-refractivity contribution in [2.75, 3.05) is 5.32 Å². The van der Waals surface area contributed by atoms with Crippen molar-refractivity contribution in [2.24, 2.45) is 0 Å². The van der Waals surface area contributed by atoms with Gasteiger partial charge in [0.15, 0.2) is 0 Å². The minimum atomic E-state index is -0.234. The largest absolute Gasteiger partial charge is 0.374 e. The number of amides is 2. The summed E-state index contributed by atoms with van der Waals surface area (Å²) in [5.74, 6) is 0. The molecule has 0 aliphatic heterocycles. The van der Waals surface area contributed by atoms with Crippen LogP contribution in [0.2, 0.25) is 0 Å². The van der Waals surface area contributed by atoms with Crippen LogP contribution in [0.5, 0.6) is 0 Å². The quantitative estimate of drug-likeness (QED) is 0.642. The topological polar surface area (TPSA) is 79.2 Å². The molecule has 1 aliphatic rings. The number of nitrogens with zero attached hydrogens (tertiary/aromatic N) is 2. The summed E-state index contributed by atoms with van der Waals surface area (Å²) >= 11 is 0. The second-order valence-corrected chi connectivity index (χ2v) is 8.38. The fourth-order valence-corrected chi connectivity index (χ4v) is 3.88. The van der Waals surface area contributed by atoms with Gasteiger partial charge in [0.25, 0.3) is 0 Å². The summed E-state index contributed by atoms with van der Waals surface area (Å²) in [5, 5.41) is 20.3. The molecule has 0 bridgehead atoms. The summed E-state index contributed by atoms with van der Waals surface area (Å²) in [5.41, 5.74) is 5.43. The summed E-state index contributed by atoms with van der Waals surface area (Å²) in [6.07, 6.45) is 3.53. The second kappa shape index (κ2) is 6.95. The lowest BCUT2D eigenvalue weighted by Gasteiger charge is -2.21. The molecule has 0 fully saturated rings. The van der Waals surface area contributed by atoms with Crippen LogP contribution in [0, 0.1) is 0 Å². The number of carbonyl (C=O) groups is 1. The molecule has 1 aromatic heterocycles. The summed E-state index contributed by atoms with van der Waals surface area (Å²) in [7, 11) is 0. The Bertz CT molecular complexity index is 1030. The molecule has 1 atom stereocenters. The van der Waals surface area contributed by atoms with Gasteiger partial charge in [-0.25, -0.2) is 9.48 Å². The molecule has 6 nitrogen and oxygen atoms in total. The van der Waals surface area contributed by atoms with Crippen LogP contribution in [0.4, 0.5) is 10.5 Å². The van der Waals surface area contributed by atoms with Gasteiger partial charge in [-0.3, -0.25) is 0 Å². The van der Waals surface area contributed by atoms with Gasteiger partial charge in [-0.1, -0.05) is 45.0 Å². The molecule has 2 amide bonds. The van der Waals surface area contributed by atoms with E-state index in [1.54, 1.807) is 6.20 Å². The Morgan fingerprint density at radius 2 is 2.11 bits per heavy atom. The van der Waals surface area contributed by atoms with Gasteiger partial charge in [0.1, 0.15) is 6.73 Å². The van der Waals surface area contributed by atoms with Crippen molar-refractivity contribution in [2.45, 2.75) is 51.8 Å². The zero-order chi connectivity index (χ0) is 19.9. The maximum Gasteiger partial charge on any atom is 0.319 e. The number of aryl methyl sites for hydroxylation is 1. The van der Waals surface area contributed by atoms with Crippen molar-refractivity contribution in [1.29, 1.82) is 0 Å². The van der Waals surface area contributed by atoms with Crippen LogP contribution >= 0.6 is 0 Å². The van der Waals surface area contributed by atoms with Crippen molar-refractivity contribution in [3.05, 3.63) is 59.3 Å². The lowest BCUT2D eigenvalue weighted by Crippen LogP contribution is -2.31. The highest BCUT2D eigenvalue weighted by atomic mass is 16.3. The normalized spacial score (nSPS) is 16.2. The average Bonchev–Trinajstić information content (AvgIpc) is 3.25. The number of aromatic nitrogens is 2. The Kier molecular flexibility index (Phi) is 4.59. The van der Waals surface area contributed by atoms with Crippen LogP contribution in [-0.2, 0) is 18.6 Å². The number of benzene rings is 2. The zero-order valence-corrected chi connectivity index (χ0v) is 16.5. The Balaban J connectivity index is 1.50. The maximum atomic E-state index is 12.6. The van der Waals surface area contributed by atoms with Crippen LogP contribution in [0.25, 0.3) is 10.9 Å². The number of fused-ring (bicyclic) bond motifs is 2. The summed E-state index contributed by atoms with van der Waals surface area (Å²) < 4.78 is 1.48. The lowest BCUT2D eigenvalue weighted by atomic mass is 9.85. The number of anilines is 1. The Labute approximate surface area is 164 Å². The number of hydrogen-bond acceptors (Lipinski definition) is 3. The molecule has 0 saturated carbocycles. The van der Waals surface area contributed by atoms with E-state index in [1.807, 2.05) is 18.2 Å². The molecule has 1 aliphatic carbocycles. The third-order valence-electron chi connectivity index (χ3n) is 5.46. The monoisotopic (exact) mass is 378 g/mol. The van der Waals surface area contributed by atoms with Gasteiger partial charge in [-0.05, 0) is 47.1 Å². The van der Waals surface area contributed by atoms with Gasteiger partial charge in [0.05, 0.1) is 23.4 Å². The van der Waals surface area contributed by atoms with Gasteiger partial charge in [-0.2, -0.15) is 5.10 Å². The van der Waals surface area contributed by atoms with Crippen LogP contribution in [0.1, 0.15) is 49.9 Å². The van der Waals surface area contributed by atoms with Crippen molar-refractivity contribution in [1.82, 2.24) is 15.1 Å². The number of carbonyl (C=O) groups excluding carboxylic acids is 1. The van der Waals surface area contributed by atoms with E-state index in [0.717, 1.165) is 23.7 Å². The fourth-order valence-electron chi connectivity index (χ4n) is 3.88. The van der Waals surface area contributed by atoms with Crippen LogP contribution in [0.15, 0.2) is 42.6 Å². The van der Waals surface area contributed by atoms with Gasteiger partial charge in [-0.15, -0.1) is 0 Å². The molecule has 3 N–H and O–H groups in total. The number of aliphatic hydroxyl groups excluding tert-OH is 1. The van der Waals surface area contributed by atoms with Crippen LogP contribution in [-0.4, -0.2) is 20.9 Å². The highest BCUT2D eigenvalue weighted by Gasteiger charge is 2.26. The summed E-state index contributed by atoms with van der Waals surface area (Å²) in [6, 6.07) is 11.9. The van der Waals surface area contributed by atoms with E-state index >= 15 is 0 Å². The Morgan fingerprint density at radius 3 is 2.86 bits per heavy atom. The molecule has 0 unspecified atom stereocenters. The second-order valence-electron chi connectivity index (χ2n) is 8.38. The number of hydrogen-bond donors (Lipinski definition) is 3. The maximum absolute atomic E-state index is 12.6. The van der Waals surface area contributed by atoms with Crippen LogP contribution < -0.4 is 10.6 Å². The smallest absolute Gasteiger partial charge is 0.319 e. The van der Waals surface area contributed by atoms with Crippen LogP contribution in [0.3, 0.4) is 0 Å². The van der Waals surface area contributed by atoms with Gasteiger partial charge >= 0.3 is 6.03 Å². The van der Waals surface area contributed by atoms with E-state index in [-0.39, 0.29) is 24.2 Å². The first-order valence-electron chi connectivity index (χ1n) is 9.63. The third kappa shape index (κ3) is 3.36. The summed E-state index contributed by atoms with van der Waals surface area (Å²) in [4.78, 5) is 12.6. The molecular weight excluding hydrogens is 352 g/mol. The van der Waals surface area contributed by atoms with E-state index in [0.29, 0.717) is 5.69 Å². The molecule has 28 heavy (non-hydrogen) atoms. The SMILES string of the molecule is CC(C)(C)c1ccc2c(c1)CC[C@H]2NC(=O)Nc1cccc2c1cnn2CO. The predicted molar refractivity (Wildman–Crippen MR) is 110 cm³/mol. The molecule has 0 spiro atoms. The first-order chi connectivity index (χ1) is 13.4. The fraction of sp³-hybridized carbons (Fsp3) is 0.364. The van der Waals surface area contributed by atoms with E-state index in [9.17, 15) is 9.90 Å². The highest BCUT2D eigenvalue weighted by Crippen LogP contribution is 2.34. The van der Waals surface area contributed by atoms with Crippen molar-refractivity contribution in [3.8, 4) is 0 Å². The van der Waals surface area contributed by atoms with Crippen molar-refractivity contribution >= 4 is 22.6 Å². The molecule has 0 saturated heterocycles. The minimum absolute atomic E-state index is 0.0170. The van der Waals surface area contributed by atoms with E-state index in [2.05, 4.69) is 54.7 Å². The number of aliphatic hydroxyl groups is 1. The zero-order valence-electron chi connectivity index (χ0n) is 16.5. The molecule has 0 radical (unpaired) electrons. The van der Waals surface area contributed by atoms with E-state index in [1.165, 1.54) is 21.4 Å². The molecule has 3 aromatic rings. The molecule has 2 aromatic carbocycles. The third-order valence-corrected chi connectivity index (χ3v) is 5.46. The van der Waals surface area contributed by atoms with Gasteiger partial charge in [0.2, 0.25) is 0 Å². The number of rotatable bonds is 3. The molecule has 1 heterocycles. The Hall–Kier alpha value is -2.86. The van der Waals surface area contributed by atoms with Crippen molar-refractivity contribution < 1.29 is 9.90 Å². The first-order valence-corrected chi connectivity index (χ1v) is 9.63. The van der Waals surface area contributed by atoms with E-state index < -0.39 is 0 Å². The minimum Gasteiger partial charge on any atom is -0.374 e. The summed E-state index contributed by atoms with van der Waals surface area (Å²) in [6.45, 7) is 6.44. The van der Waals surface area contributed by atoms with Gasteiger partial charge in [0, 0.05) is 5.39 Å². The van der Waals surface area contributed by atoms with E-state index in [4.69, 9.17) is 0 Å².